The topological polar surface area (TPSA) is 23.5 Å². The maximum absolute atomic E-state index is 9.57. The second-order valence-electron chi connectivity index (χ2n) is 5.42. The molecule has 1 aliphatic carbocycles. The molecular weight excluding hydrogens is 290 g/mol. The van der Waals surface area contributed by atoms with Crippen molar-refractivity contribution in [2.75, 3.05) is 18.5 Å². The molecule has 1 fully saturated rings. The fraction of sp³-hybridized carbons (Fsp3) is 0.600. The lowest BCUT2D eigenvalue weighted by Gasteiger charge is -2.24. The molecule has 0 aliphatic heterocycles. The third kappa shape index (κ3) is 3.27. The molecule has 0 spiro atoms. The van der Waals surface area contributed by atoms with Gasteiger partial charge >= 0.3 is 0 Å². The summed E-state index contributed by atoms with van der Waals surface area (Å²) in [5.74, 6) is 0.846. The van der Waals surface area contributed by atoms with Crippen molar-refractivity contribution >= 4 is 21.6 Å². The molecular formula is C15H22BrNO. The summed E-state index contributed by atoms with van der Waals surface area (Å²) in [5.41, 5.74) is 2.17. The summed E-state index contributed by atoms with van der Waals surface area (Å²) in [6, 6.07) is 6.13. The van der Waals surface area contributed by atoms with Crippen LogP contribution in [0.15, 0.2) is 22.7 Å². The Morgan fingerprint density at radius 2 is 2.06 bits per heavy atom. The highest BCUT2D eigenvalue weighted by Crippen LogP contribution is 2.31. The van der Waals surface area contributed by atoms with Crippen molar-refractivity contribution in [3.8, 4) is 0 Å². The van der Waals surface area contributed by atoms with Crippen LogP contribution < -0.4 is 4.90 Å². The Labute approximate surface area is 118 Å². The zero-order valence-electron chi connectivity index (χ0n) is 11.2. The second-order valence-corrected chi connectivity index (χ2v) is 6.27. The average molecular weight is 312 g/mol. The molecule has 1 atom stereocenters. The predicted molar refractivity (Wildman–Crippen MR) is 80.0 cm³/mol. The van der Waals surface area contributed by atoms with Gasteiger partial charge in [0.05, 0.1) is 11.8 Å². The zero-order chi connectivity index (χ0) is 13.1. The van der Waals surface area contributed by atoms with Gasteiger partial charge in [-0.3, -0.25) is 0 Å². The van der Waals surface area contributed by atoms with Gasteiger partial charge in [0, 0.05) is 18.1 Å². The van der Waals surface area contributed by atoms with Crippen LogP contribution in [0.25, 0.3) is 0 Å². The lowest BCUT2D eigenvalue weighted by Crippen LogP contribution is -2.24. The number of halogens is 1. The molecule has 0 heterocycles. The third-order valence-electron chi connectivity index (χ3n) is 3.87. The van der Waals surface area contributed by atoms with Crippen LogP contribution in [0.2, 0.25) is 0 Å². The Kier molecular flexibility index (Phi) is 4.68. The number of nitrogens with zero attached hydrogens (tertiary/aromatic N) is 1. The van der Waals surface area contributed by atoms with E-state index in [1.165, 1.54) is 31.4 Å². The van der Waals surface area contributed by atoms with Crippen molar-refractivity contribution in [2.24, 2.45) is 5.92 Å². The highest BCUT2D eigenvalue weighted by molar-refractivity contribution is 9.10. The number of benzene rings is 1. The van der Waals surface area contributed by atoms with Crippen LogP contribution >= 0.6 is 15.9 Å². The van der Waals surface area contributed by atoms with Gasteiger partial charge in [-0.05, 0) is 59.3 Å². The van der Waals surface area contributed by atoms with E-state index in [9.17, 15) is 5.11 Å². The fourth-order valence-corrected chi connectivity index (χ4v) is 3.47. The number of hydrogen-bond donors (Lipinski definition) is 1. The highest BCUT2D eigenvalue weighted by Gasteiger charge is 2.18. The van der Waals surface area contributed by atoms with Crippen LogP contribution in [-0.2, 0) is 0 Å². The molecule has 1 saturated carbocycles. The van der Waals surface area contributed by atoms with Crippen molar-refractivity contribution in [1.82, 2.24) is 0 Å². The number of hydrogen-bond acceptors (Lipinski definition) is 2. The first-order valence-corrected chi connectivity index (χ1v) is 7.56. The van der Waals surface area contributed by atoms with Crippen LogP contribution in [-0.4, -0.2) is 18.7 Å². The van der Waals surface area contributed by atoms with Crippen LogP contribution in [0.3, 0.4) is 0 Å². The Morgan fingerprint density at radius 3 is 2.61 bits per heavy atom. The van der Waals surface area contributed by atoms with Crippen LogP contribution in [0.1, 0.15) is 44.3 Å². The molecule has 2 nitrogen and oxygen atoms in total. The molecule has 1 aromatic carbocycles. The molecule has 0 radical (unpaired) electrons. The maximum Gasteiger partial charge on any atom is 0.0762 e. The van der Waals surface area contributed by atoms with E-state index in [4.69, 9.17) is 0 Å². The highest BCUT2D eigenvalue weighted by atomic mass is 79.9. The Morgan fingerprint density at radius 1 is 1.39 bits per heavy atom. The minimum absolute atomic E-state index is 0.407. The molecule has 1 N–H and O–H groups in total. The first-order chi connectivity index (χ1) is 8.58. The summed E-state index contributed by atoms with van der Waals surface area (Å²) in [5, 5.41) is 9.57. The largest absolute Gasteiger partial charge is 0.389 e. The van der Waals surface area contributed by atoms with Crippen LogP contribution in [0, 0.1) is 5.92 Å². The van der Waals surface area contributed by atoms with E-state index in [1.807, 2.05) is 12.1 Å². The minimum atomic E-state index is -0.407. The molecule has 0 saturated heterocycles. The number of anilines is 1. The molecule has 1 aliphatic rings. The predicted octanol–water partition coefficient (Wildman–Crippen LogP) is 4.13. The molecule has 0 aromatic heterocycles. The van der Waals surface area contributed by atoms with E-state index in [0.29, 0.717) is 0 Å². The van der Waals surface area contributed by atoms with Crippen LogP contribution in [0.4, 0.5) is 5.69 Å². The summed E-state index contributed by atoms with van der Waals surface area (Å²) >= 11 is 3.61. The lowest BCUT2D eigenvalue weighted by atomic mass is 10.1. The summed E-state index contributed by atoms with van der Waals surface area (Å²) < 4.78 is 1.07. The third-order valence-corrected chi connectivity index (χ3v) is 4.51. The Hall–Kier alpha value is -0.540. The van der Waals surface area contributed by atoms with Gasteiger partial charge in [-0.2, -0.15) is 0 Å². The maximum atomic E-state index is 9.57. The van der Waals surface area contributed by atoms with Crippen molar-refractivity contribution in [2.45, 2.75) is 38.7 Å². The van der Waals surface area contributed by atoms with Gasteiger partial charge in [0.1, 0.15) is 0 Å². The lowest BCUT2D eigenvalue weighted by molar-refractivity contribution is 0.199. The van der Waals surface area contributed by atoms with Crippen molar-refractivity contribution < 1.29 is 5.11 Å². The first-order valence-electron chi connectivity index (χ1n) is 6.76. The van der Waals surface area contributed by atoms with E-state index in [1.54, 1.807) is 6.92 Å². The quantitative estimate of drug-likeness (QED) is 0.903. The SMILES string of the molecule is C[C@@H](O)c1ccc(N(C)CC2CCCC2)c(Br)c1. The molecule has 3 heteroatoms. The normalized spacial score (nSPS) is 18.0. The summed E-state index contributed by atoms with van der Waals surface area (Å²) in [4.78, 5) is 2.33. The summed E-state index contributed by atoms with van der Waals surface area (Å²) in [7, 11) is 2.15. The van der Waals surface area contributed by atoms with Gasteiger partial charge in [-0.25, -0.2) is 0 Å². The van der Waals surface area contributed by atoms with Gasteiger partial charge in [0.25, 0.3) is 0 Å². The Balaban J connectivity index is 2.07. The standard InChI is InChI=1S/C15H22BrNO/c1-11(18)13-7-8-15(14(16)9-13)17(2)10-12-5-3-4-6-12/h7-9,11-12,18H,3-6,10H2,1-2H3/t11-/m1/s1. The van der Waals surface area contributed by atoms with Crippen molar-refractivity contribution in [3.05, 3.63) is 28.2 Å². The Bertz CT molecular complexity index is 399. The van der Waals surface area contributed by atoms with E-state index in [0.717, 1.165) is 22.5 Å². The fourth-order valence-electron chi connectivity index (χ4n) is 2.77. The van der Waals surface area contributed by atoms with E-state index < -0.39 is 6.10 Å². The molecule has 0 unspecified atom stereocenters. The smallest absolute Gasteiger partial charge is 0.0762 e. The van der Waals surface area contributed by atoms with E-state index >= 15 is 0 Å². The molecule has 2 rings (SSSR count). The monoisotopic (exact) mass is 311 g/mol. The molecule has 1 aromatic rings. The molecule has 18 heavy (non-hydrogen) atoms. The van der Waals surface area contributed by atoms with Gasteiger partial charge in [0.15, 0.2) is 0 Å². The molecule has 0 amide bonds. The van der Waals surface area contributed by atoms with Crippen LogP contribution in [0.5, 0.6) is 0 Å². The van der Waals surface area contributed by atoms with Gasteiger partial charge in [-0.15, -0.1) is 0 Å². The zero-order valence-corrected chi connectivity index (χ0v) is 12.8. The summed E-state index contributed by atoms with van der Waals surface area (Å²) in [6.07, 6.45) is 5.11. The molecule has 0 bridgehead atoms. The van der Waals surface area contributed by atoms with Gasteiger partial charge in [-0.1, -0.05) is 18.9 Å². The van der Waals surface area contributed by atoms with Crippen molar-refractivity contribution in [1.29, 1.82) is 0 Å². The average Bonchev–Trinajstić information content (AvgIpc) is 2.81. The summed E-state index contributed by atoms with van der Waals surface area (Å²) in [6.45, 7) is 2.93. The minimum Gasteiger partial charge on any atom is -0.389 e. The second kappa shape index (κ2) is 6.07. The van der Waals surface area contributed by atoms with E-state index in [-0.39, 0.29) is 0 Å². The first kappa shape index (κ1) is 13.9. The van der Waals surface area contributed by atoms with Gasteiger partial charge < -0.3 is 10.0 Å². The number of aliphatic hydroxyl groups is 1. The van der Waals surface area contributed by atoms with Gasteiger partial charge in [0.2, 0.25) is 0 Å². The molecule has 100 valence electrons. The number of rotatable bonds is 4. The number of aliphatic hydroxyl groups excluding tert-OH is 1. The van der Waals surface area contributed by atoms with Crippen molar-refractivity contribution in [3.63, 3.8) is 0 Å². The van der Waals surface area contributed by atoms with E-state index in [2.05, 4.69) is 33.9 Å².